The standard InChI is InChI=1S/C39H49F6N3O4Si/c1-7-52-33(50)18-26(29-16-27(17-31(35(29)40)39(43,44)45)34-23(4)9-8-10-24(34)5)11-12-32(49)36(30(19-53)22(2)3)48-37(51)25(6)15-28(46-48)13-14-47-20-38(41,42)21-47/h8-10,15-17,22,26,30,36H,7,11-14,18-21H2,1-6,53H3/t26-,30?,36-/m0/s1. The Bertz CT molecular complexity index is 1830. The number of esters is 1. The van der Waals surface area contributed by atoms with E-state index >= 15 is 4.39 Å². The number of nitrogens with zero attached hydrogens (tertiary/aromatic N) is 3. The van der Waals surface area contributed by atoms with E-state index in [1.807, 2.05) is 13.8 Å². The Labute approximate surface area is 309 Å². The van der Waals surface area contributed by atoms with E-state index in [2.05, 4.69) is 5.10 Å². The van der Waals surface area contributed by atoms with Crippen LogP contribution in [0, 0.1) is 38.4 Å². The number of likely N-dealkylation sites (tertiary alicyclic amines) is 1. The molecule has 3 atom stereocenters. The summed E-state index contributed by atoms with van der Waals surface area (Å²) in [5, 5.41) is 4.57. The maximum atomic E-state index is 16.1. The third kappa shape index (κ3) is 10.1. The van der Waals surface area contributed by atoms with Crippen molar-refractivity contribution >= 4 is 22.0 Å². The van der Waals surface area contributed by atoms with Gasteiger partial charge in [-0.25, -0.2) is 17.9 Å². The number of Topliss-reactive ketones (excluding diaryl/α,β-unsaturated/α-hetero) is 1. The molecule has 2 aromatic carbocycles. The molecule has 7 nitrogen and oxygen atoms in total. The van der Waals surface area contributed by atoms with Gasteiger partial charge < -0.3 is 4.74 Å². The molecule has 1 aliphatic heterocycles. The van der Waals surface area contributed by atoms with E-state index in [0.717, 1.165) is 6.07 Å². The van der Waals surface area contributed by atoms with Crippen molar-refractivity contribution in [3.05, 3.63) is 86.1 Å². The summed E-state index contributed by atoms with van der Waals surface area (Å²) in [4.78, 5) is 42.4. The Kier molecular flexibility index (Phi) is 13.6. The minimum absolute atomic E-state index is 0.00773. The van der Waals surface area contributed by atoms with Gasteiger partial charge in [-0.1, -0.05) is 38.1 Å². The lowest BCUT2D eigenvalue weighted by molar-refractivity contribution is -0.143. The van der Waals surface area contributed by atoms with E-state index in [9.17, 15) is 36.3 Å². The first-order chi connectivity index (χ1) is 24.8. The van der Waals surface area contributed by atoms with Crippen LogP contribution < -0.4 is 5.56 Å². The van der Waals surface area contributed by atoms with Gasteiger partial charge >= 0.3 is 12.1 Å². The zero-order valence-corrected chi connectivity index (χ0v) is 33.4. The zero-order valence-electron chi connectivity index (χ0n) is 31.4. The van der Waals surface area contributed by atoms with E-state index in [0.29, 0.717) is 44.2 Å². The monoisotopic (exact) mass is 765 g/mol. The number of carbonyl (C=O) groups excluding carboxylic acids is 2. The third-order valence-electron chi connectivity index (χ3n) is 10.2. The van der Waals surface area contributed by atoms with Crippen LogP contribution in [-0.4, -0.2) is 68.8 Å². The molecule has 0 bridgehead atoms. The maximum Gasteiger partial charge on any atom is 0.419 e. The molecule has 0 radical (unpaired) electrons. The molecule has 290 valence electrons. The molecule has 0 amide bonds. The van der Waals surface area contributed by atoms with Gasteiger partial charge in [-0.2, -0.15) is 18.3 Å². The van der Waals surface area contributed by atoms with Crippen LogP contribution in [-0.2, 0) is 26.9 Å². The largest absolute Gasteiger partial charge is 0.466 e. The lowest BCUT2D eigenvalue weighted by Gasteiger charge is -2.38. The third-order valence-corrected chi connectivity index (χ3v) is 11.1. The average Bonchev–Trinajstić information content (AvgIpc) is 3.05. The second-order valence-electron chi connectivity index (χ2n) is 14.5. The first kappa shape index (κ1) is 42.0. The van der Waals surface area contributed by atoms with Crippen molar-refractivity contribution in [1.82, 2.24) is 14.7 Å². The highest BCUT2D eigenvalue weighted by atomic mass is 28.1. The van der Waals surface area contributed by atoms with Gasteiger partial charge in [-0.15, -0.1) is 0 Å². The highest BCUT2D eigenvalue weighted by Gasteiger charge is 2.43. The number of benzene rings is 2. The van der Waals surface area contributed by atoms with E-state index in [1.165, 1.54) is 10.7 Å². The molecular weight excluding hydrogens is 717 g/mol. The van der Waals surface area contributed by atoms with Crippen LogP contribution in [0.25, 0.3) is 11.1 Å². The quantitative estimate of drug-likeness (QED) is 0.0875. The number of hydrogen-bond acceptors (Lipinski definition) is 6. The molecule has 0 saturated carbocycles. The van der Waals surface area contributed by atoms with E-state index in [-0.39, 0.29) is 68.5 Å². The van der Waals surface area contributed by atoms with Gasteiger partial charge in [-0.05, 0) is 97.9 Å². The molecular formula is C39H49F6N3O4Si. The Hall–Kier alpha value is -3.78. The molecule has 4 rings (SSSR count). The van der Waals surface area contributed by atoms with Crippen molar-refractivity contribution in [3.63, 3.8) is 0 Å². The summed E-state index contributed by atoms with van der Waals surface area (Å²) in [6, 6.07) is 8.50. The number of ether oxygens (including phenoxy) is 1. The first-order valence-corrected chi connectivity index (χ1v) is 19.5. The minimum Gasteiger partial charge on any atom is -0.466 e. The van der Waals surface area contributed by atoms with Crippen molar-refractivity contribution in [2.45, 2.75) is 97.3 Å². The minimum atomic E-state index is -5.05. The molecule has 53 heavy (non-hydrogen) atoms. The van der Waals surface area contributed by atoms with Crippen LogP contribution in [0.15, 0.2) is 41.2 Å². The summed E-state index contributed by atoms with van der Waals surface area (Å²) in [5.74, 6) is -7.02. The summed E-state index contributed by atoms with van der Waals surface area (Å²) < 4.78 is 92.4. The molecule has 14 heteroatoms. The summed E-state index contributed by atoms with van der Waals surface area (Å²) in [5.41, 5.74) is 0.430. The molecule has 1 fully saturated rings. The zero-order chi connectivity index (χ0) is 39.4. The van der Waals surface area contributed by atoms with Crippen LogP contribution in [0.3, 0.4) is 0 Å². The number of rotatable bonds is 16. The summed E-state index contributed by atoms with van der Waals surface area (Å²) >= 11 is 0. The normalized spacial score (nSPS) is 16.3. The lowest BCUT2D eigenvalue weighted by atomic mass is 9.82. The van der Waals surface area contributed by atoms with E-state index < -0.39 is 59.2 Å². The predicted octanol–water partition coefficient (Wildman–Crippen LogP) is 7.17. The summed E-state index contributed by atoms with van der Waals surface area (Å²) in [6.07, 6.45) is -5.77. The highest BCUT2D eigenvalue weighted by Crippen LogP contribution is 2.42. The highest BCUT2D eigenvalue weighted by molar-refractivity contribution is 6.09. The number of aromatic nitrogens is 2. The number of aryl methyl sites for hydroxylation is 3. The topological polar surface area (TPSA) is 81.5 Å². The Morgan fingerprint density at radius 2 is 1.68 bits per heavy atom. The lowest BCUT2D eigenvalue weighted by Crippen LogP contribution is -2.56. The molecule has 1 aliphatic rings. The predicted molar refractivity (Wildman–Crippen MR) is 195 cm³/mol. The van der Waals surface area contributed by atoms with Gasteiger partial charge in [0, 0.05) is 35.2 Å². The molecule has 0 spiro atoms. The fourth-order valence-corrected chi connectivity index (χ4v) is 8.88. The fourth-order valence-electron chi connectivity index (χ4n) is 7.49. The molecule has 1 unspecified atom stereocenters. The van der Waals surface area contributed by atoms with Crippen molar-refractivity contribution in [2.24, 2.45) is 11.8 Å². The smallest absolute Gasteiger partial charge is 0.419 e. The number of halogens is 6. The molecule has 1 saturated heterocycles. The Balaban J connectivity index is 1.76. The van der Waals surface area contributed by atoms with Crippen LogP contribution in [0.2, 0.25) is 6.04 Å². The van der Waals surface area contributed by atoms with Gasteiger partial charge in [0.1, 0.15) is 11.9 Å². The van der Waals surface area contributed by atoms with E-state index in [4.69, 9.17) is 4.74 Å². The van der Waals surface area contributed by atoms with Crippen molar-refractivity contribution in [3.8, 4) is 11.1 Å². The van der Waals surface area contributed by atoms with Gasteiger partial charge in [0.15, 0.2) is 5.78 Å². The van der Waals surface area contributed by atoms with E-state index in [1.54, 1.807) is 56.9 Å². The summed E-state index contributed by atoms with van der Waals surface area (Å²) in [7, 11) is 0.678. The number of alkyl halides is 5. The van der Waals surface area contributed by atoms with Gasteiger partial charge in [-0.3, -0.25) is 19.3 Å². The summed E-state index contributed by atoms with van der Waals surface area (Å²) in [6.45, 7) is 10.0. The Morgan fingerprint density at radius 3 is 2.23 bits per heavy atom. The molecule has 0 aliphatic carbocycles. The van der Waals surface area contributed by atoms with Crippen molar-refractivity contribution in [1.29, 1.82) is 0 Å². The van der Waals surface area contributed by atoms with Crippen molar-refractivity contribution in [2.75, 3.05) is 26.2 Å². The van der Waals surface area contributed by atoms with Crippen LogP contribution in [0.1, 0.15) is 85.5 Å². The average molecular weight is 766 g/mol. The second-order valence-corrected chi connectivity index (χ2v) is 15.4. The molecule has 1 aromatic heterocycles. The number of carbonyl (C=O) groups is 2. The van der Waals surface area contributed by atoms with Gasteiger partial charge in [0.25, 0.3) is 11.5 Å². The van der Waals surface area contributed by atoms with Crippen molar-refractivity contribution < 1.29 is 40.7 Å². The number of ketones is 1. The van der Waals surface area contributed by atoms with Crippen LogP contribution in [0.4, 0.5) is 26.3 Å². The van der Waals surface area contributed by atoms with Crippen LogP contribution >= 0.6 is 0 Å². The number of hydrogen-bond donors (Lipinski definition) is 0. The molecule has 3 aromatic rings. The molecule has 0 N–H and O–H groups in total. The van der Waals surface area contributed by atoms with Crippen LogP contribution in [0.5, 0.6) is 0 Å². The maximum absolute atomic E-state index is 16.1. The first-order valence-electron chi connectivity index (χ1n) is 18.1. The Morgan fingerprint density at radius 1 is 1.04 bits per heavy atom. The van der Waals surface area contributed by atoms with Gasteiger partial charge in [0.05, 0.1) is 37.4 Å². The second kappa shape index (κ2) is 17.1. The van der Waals surface area contributed by atoms with Gasteiger partial charge in [0.2, 0.25) is 0 Å². The fraction of sp³-hybridized carbons (Fsp3) is 0.538. The molecule has 2 heterocycles. The SMILES string of the molecule is CCOC(=O)C[C@H](CCC(=O)[C@H](C(C[SiH3])C(C)C)n1nc(CCN2CC(F)(F)C2)cc(C)c1=O)c1cc(-c2c(C)cccc2C)cc(C(F)(F)F)c1F.